The van der Waals surface area contributed by atoms with Crippen molar-refractivity contribution in [2.24, 2.45) is 0 Å². The summed E-state index contributed by atoms with van der Waals surface area (Å²) in [6.07, 6.45) is 2.21. The Balaban J connectivity index is 1.52. The molecule has 118 valence electrons. The van der Waals surface area contributed by atoms with E-state index >= 15 is 0 Å². The Kier molecular flexibility index (Phi) is 3.49. The molecular weight excluding hydrogens is 314 g/mol. The van der Waals surface area contributed by atoms with E-state index in [0.29, 0.717) is 23.4 Å². The highest BCUT2D eigenvalue weighted by molar-refractivity contribution is 7.22. The molecule has 1 amide bonds. The smallest absolute Gasteiger partial charge is 0.279 e. The number of nitrogens with one attached hydrogen (secondary N) is 1. The van der Waals surface area contributed by atoms with Crippen LogP contribution in [0, 0.1) is 0 Å². The minimum Gasteiger partial charge on any atom is -0.494 e. The van der Waals surface area contributed by atoms with Crippen LogP contribution < -0.4 is 10.1 Å². The number of benzene rings is 1. The van der Waals surface area contributed by atoms with Gasteiger partial charge in [-0.25, -0.2) is 4.98 Å². The normalized spacial score (nSPS) is 14.1. The van der Waals surface area contributed by atoms with Crippen LogP contribution in [-0.2, 0) is 0 Å². The lowest BCUT2D eigenvalue weighted by Gasteiger charge is -2.00. The van der Waals surface area contributed by atoms with Crippen LogP contribution in [0.3, 0.4) is 0 Å². The molecule has 1 aliphatic rings. The maximum Gasteiger partial charge on any atom is 0.279 e. The van der Waals surface area contributed by atoms with Gasteiger partial charge < -0.3 is 9.26 Å². The molecule has 1 N–H and O–H groups in total. The van der Waals surface area contributed by atoms with Crippen molar-refractivity contribution in [2.45, 2.75) is 25.7 Å². The van der Waals surface area contributed by atoms with Crippen molar-refractivity contribution in [1.29, 1.82) is 0 Å². The highest BCUT2D eigenvalue weighted by atomic mass is 32.1. The number of hydrogen-bond acceptors (Lipinski definition) is 6. The molecule has 1 fully saturated rings. The summed E-state index contributed by atoms with van der Waals surface area (Å²) in [5, 5.41) is 7.15. The van der Waals surface area contributed by atoms with E-state index in [1.54, 1.807) is 6.07 Å². The Morgan fingerprint density at radius 2 is 2.30 bits per heavy atom. The van der Waals surface area contributed by atoms with Crippen LogP contribution in [0.15, 0.2) is 28.8 Å². The van der Waals surface area contributed by atoms with Gasteiger partial charge in [0.1, 0.15) is 11.5 Å². The molecule has 1 aliphatic carbocycles. The van der Waals surface area contributed by atoms with Crippen LogP contribution in [0.2, 0.25) is 0 Å². The largest absolute Gasteiger partial charge is 0.494 e. The van der Waals surface area contributed by atoms with Crippen molar-refractivity contribution in [1.82, 2.24) is 10.1 Å². The van der Waals surface area contributed by atoms with Gasteiger partial charge in [0.25, 0.3) is 5.91 Å². The monoisotopic (exact) mass is 329 g/mol. The number of aromatic nitrogens is 2. The molecule has 0 saturated heterocycles. The highest BCUT2D eigenvalue weighted by Crippen LogP contribution is 2.40. The van der Waals surface area contributed by atoms with E-state index in [-0.39, 0.29) is 5.91 Å². The number of hydrogen-bond donors (Lipinski definition) is 1. The average Bonchev–Trinajstić information content (AvgIpc) is 3.12. The first-order chi connectivity index (χ1) is 11.2. The lowest BCUT2D eigenvalue weighted by molar-refractivity contribution is 0.101. The van der Waals surface area contributed by atoms with Crippen LogP contribution in [-0.4, -0.2) is 22.7 Å². The van der Waals surface area contributed by atoms with E-state index in [1.807, 2.05) is 25.1 Å². The van der Waals surface area contributed by atoms with Crippen LogP contribution in [0.4, 0.5) is 5.13 Å². The summed E-state index contributed by atoms with van der Waals surface area (Å²) in [5.74, 6) is 1.72. The summed E-state index contributed by atoms with van der Waals surface area (Å²) < 4.78 is 11.6. The number of ether oxygens (including phenoxy) is 1. The second-order valence-corrected chi connectivity index (χ2v) is 6.46. The van der Waals surface area contributed by atoms with Crippen molar-refractivity contribution < 1.29 is 14.1 Å². The first-order valence-electron chi connectivity index (χ1n) is 7.54. The minimum atomic E-state index is -0.301. The fourth-order valence-electron chi connectivity index (χ4n) is 2.33. The average molecular weight is 329 g/mol. The SMILES string of the molecule is CCOc1ccc2nc(NC(=O)c3cc(C4CC4)on3)sc2c1. The third-order valence-corrected chi connectivity index (χ3v) is 4.57. The Bertz CT molecular complexity index is 866. The zero-order chi connectivity index (χ0) is 15.8. The molecule has 1 saturated carbocycles. The molecule has 4 rings (SSSR count). The summed E-state index contributed by atoms with van der Waals surface area (Å²) in [5.41, 5.74) is 1.12. The molecule has 0 unspecified atom stereocenters. The van der Waals surface area contributed by atoms with Gasteiger partial charge >= 0.3 is 0 Å². The van der Waals surface area contributed by atoms with E-state index in [0.717, 1.165) is 34.6 Å². The third kappa shape index (κ3) is 2.92. The van der Waals surface area contributed by atoms with Crippen molar-refractivity contribution >= 4 is 32.6 Å². The molecule has 0 aliphatic heterocycles. The van der Waals surface area contributed by atoms with Crippen LogP contribution >= 0.6 is 11.3 Å². The van der Waals surface area contributed by atoms with E-state index < -0.39 is 0 Å². The molecule has 1 aromatic carbocycles. The molecule has 23 heavy (non-hydrogen) atoms. The molecular formula is C16H15N3O3S. The van der Waals surface area contributed by atoms with Gasteiger partial charge in [-0.05, 0) is 38.0 Å². The molecule has 2 heterocycles. The number of rotatable bonds is 5. The van der Waals surface area contributed by atoms with Crippen molar-refractivity contribution in [3.05, 3.63) is 35.7 Å². The summed E-state index contributed by atoms with van der Waals surface area (Å²) in [6.45, 7) is 2.56. The van der Waals surface area contributed by atoms with Gasteiger partial charge in [-0.3, -0.25) is 10.1 Å². The maximum absolute atomic E-state index is 12.2. The van der Waals surface area contributed by atoms with Gasteiger partial charge in [-0.1, -0.05) is 16.5 Å². The third-order valence-electron chi connectivity index (χ3n) is 3.63. The van der Waals surface area contributed by atoms with E-state index in [1.165, 1.54) is 11.3 Å². The summed E-state index contributed by atoms with van der Waals surface area (Å²) in [6, 6.07) is 7.39. The van der Waals surface area contributed by atoms with Crippen molar-refractivity contribution in [3.63, 3.8) is 0 Å². The van der Waals surface area contributed by atoms with Crippen molar-refractivity contribution in [2.75, 3.05) is 11.9 Å². The van der Waals surface area contributed by atoms with Crippen LogP contribution in [0.25, 0.3) is 10.2 Å². The van der Waals surface area contributed by atoms with Gasteiger partial charge in [0, 0.05) is 12.0 Å². The molecule has 6 nitrogen and oxygen atoms in total. The number of thiazole rings is 1. The second kappa shape index (κ2) is 5.66. The number of amides is 1. The summed E-state index contributed by atoms with van der Waals surface area (Å²) in [4.78, 5) is 16.6. The predicted molar refractivity (Wildman–Crippen MR) is 87.2 cm³/mol. The van der Waals surface area contributed by atoms with Crippen LogP contribution in [0.5, 0.6) is 5.75 Å². The lowest BCUT2D eigenvalue weighted by Crippen LogP contribution is -2.11. The fourth-order valence-corrected chi connectivity index (χ4v) is 3.22. The Morgan fingerprint density at radius 3 is 3.09 bits per heavy atom. The minimum absolute atomic E-state index is 0.293. The quantitative estimate of drug-likeness (QED) is 0.770. The summed E-state index contributed by atoms with van der Waals surface area (Å²) in [7, 11) is 0. The Morgan fingerprint density at radius 1 is 1.43 bits per heavy atom. The van der Waals surface area contributed by atoms with Gasteiger partial charge in [-0.2, -0.15) is 0 Å². The van der Waals surface area contributed by atoms with Gasteiger partial charge in [0.15, 0.2) is 10.8 Å². The topological polar surface area (TPSA) is 77.2 Å². The van der Waals surface area contributed by atoms with Crippen molar-refractivity contribution in [3.8, 4) is 5.75 Å². The van der Waals surface area contributed by atoms with Gasteiger partial charge in [0.05, 0.1) is 16.8 Å². The van der Waals surface area contributed by atoms with Gasteiger partial charge in [-0.15, -0.1) is 0 Å². The number of nitrogens with zero attached hydrogens (tertiary/aromatic N) is 2. The number of fused-ring (bicyclic) bond motifs is 1. The fraction of sp³-hybridized carbons (Fsp3) is 0.312. The molecule has 0 spiro atoms. The van der Waals surface area contributed by atoms with E-state index in [2.05, 4.69) is 15.5 Å². The Labute approximate surface area is 136 Å². The second-order valence-electron chi connectivity index (χ2n) is 5.42. The van der Waals surface area contributed by atoms with E-state index in [4.69, 9.17) is 9.26 Å². The number of carbonyl (C=O) groups excluding carboxylic acids is 1. The Hall–Kier alpha value is -2.41. The lowest BCUT2D eigenvalue weighted by atomic mass is 10.3. The zero-order valence-corrected chi connectivity index (χ0v) is 13.4. The molecule has 2 aromatic heterocycles. The molecule has 0 atom stereocenters. The number of anilines is 1. The first kappa shape index (κ1) is 14.2. The molecule has 0 radical (unpaired) electrons. The predicted octanol–water partition coefficient (Wildman–Crippen LogP) is 3.81. The van der Waals surface area contributed by atoms with E-state index in [9.17, 15) is 4.79 Å². The molecule has 3 aromatic rings. The zero-order valence-electron chi connectivity index (χ0n) is 12.5. The first-order valence-corrected chi connectivity index (χ1v) is 8.36. The molecule has 0 bridgehead atoms. The highest BCUT2D eigenvalue weighted by Gasteiger charge is 2.29. The maximum atomic E-state index is 12.2. The number of carbonyl (C=O) groups is 1. The summed E-state index contributed by atoms with van der Waals surface area (Å²) >= 11 is 1.40. The standard InChI is InChI=1S/C16H15N3O3S/c1-2-21-10-5-6-11-14(7-10)23-16(17-11)18-15(20)12-8-13(22-19-12)9-3-4-9/h5-9H,2-4H2,1H3,(H,17,18,20). The van der Waals surface area contributed by atoms with Gasteiger partial charge in [0.2, 0.25) is 0 Å². The van der Waals surface area contributed by atoms with Crippen LogP contribution in [0.1, 0.15) is 41.9 Å². The molecule has 7 heteroatoms.